The van der Waals surface area contributed by atoms with Crippen molar-refractivity contribution >= 4 is 23.9 Å². The normalized spacial score (nSPS) is 12.6. The van der Waals surface area contributed by atoms with E-state index in [1.165, 1.54) is 0 Å². The third-order valence-corrected chi connectivity index (χ3v) is 4.54. The summed E-state index contributed by atoms with van der Waals surface area (Å²) in [5.41, 5.74) is -2.70. The Labute approximate surface area is 199 Å². The number of hydrogen-bond donors (Lipinski definition) is 2. The summed E-state index contributed by atoms with van der Waals surface area (Å²) in [6, 6.07) is 0. The highest BCUT2D eigenvalue weighted by molar-refractivity contribution is 5.82. The van der Waals surface area contributed by atoms with Gasteiger partial charge in [-0.15, -0.1) is 0 Å². The molecule has 0 heterocycles. The molecule has 0 amide bonds. The first-order valence-electron chi connectivity index (χ1n) is 10.5. The molecule has 0 aliphatic carbocycles. The Morgan fingerprint density at radius 1 is 0.676 bits per heavy atom. The predicted molar refractivity (Wildman–Crippen MR) is 119 cm³/mol. The van der Waals surface area contributed by atoms with Crippen LogP contribution >= 0.6 is 0 Å². The largest absolute Gasteiger partial charge is 0.465 e. The highest BCUT2D eigenvalue weighted by Gasteiger charge is 2.38. The van der Waals surface area contributed by atoms with Gasteiger partial charge < -0.3 is 33.9 Å². The smallest absolute Gasteiger partial charge is 0.330 e. The molecule has 0 spiro atoms. The van der Waals surface area contributed by atoms with E-state index in [0.717, 1.165) is 18.2 Å². The molecule has 0 aromatic rings. The molecule has 11 nitrogen and oxygen atoms in total. The summed E-state index contributed by atoms with van der Waals surface area (Å²) in [5.74, 6) is -2.80. The number of rotatable bonds is 19. The first kappa shape index (κ1) is 31.0. The molecule has 0 aromatic carbocycles. The minimum absolute atomic E-state index is 0.159. The topological polar surface area (TPSA) is 155 Å². The molecule has 0 bridgehead atoms. The SMILES string of the molecule is C=CC(=O)OCC(CO)(COCC(CO)(COC(=O)C=C)COC(=O)CCC)COC(=O)C=C. The van der Waals surface area contributed by atoms with E-state index in [1.54, 1.807) is 6.92 Å². The van der Waals surface area contributed by atoms with Gasteiger partial charge in [0.25, 0.3) is 0 Å². The minimum atomic E-state index is -1.37. The number of carbonyl (C=O) groups excluding carboxylic acids is 4. The van der Waals surface area contributed by atoms with Crippen LogP contribution in [-0.2, 0) is 42.9 Å². The minimum Gasteiger partial charge on any atom is -0.465 e. The van der Waals surface area contributed by atoms with E-state index in [4.69, 9.17) is 23.7 Å². The summed E-state index contributed by atoms with van der Waals surface area (Å²) in [4.78, 5) is 46.4. The van der Waals surface area contributed by atoms with Crippen LogP contribution in [-0.4, -0.2) is 86.9 Å². The molecule has 0 aliphatic rings. The average molecular weight is 487 g/mol. The van der Waals surface area contributed by atoms with Crippen LogP contribution in [0.25, 0.3) is 0 Å². The van der Waals surface area contributed by atoms with Gasteiger partial charge in [-0.2, -0.15) is 0 Å². The van der Waals surface area contributed by atoms with Crippen LogP contribution in [0.3, 0.4) is 0 Å². The van der Waals surface area contributed by atoms with Gasteiger partial charge in [-0.1, -0.05) is 26.7 Å². The number of carbonyl (C=O) groups is 4. The van der Waals surface area contributed by atoms with E-state index in [9.17, 15) is 29.4 Å². The van der Waals surface area contributed by atoms with E-state index in [2.05, 4.69) is 19.7 Å². The Morgan fingerprint density at radius 3 is 1.32 bits per heavy atom. The lowest BCUT2D eigenvalue weighted by Crippen LogP contribution is -2.46. The number of hydrogen-bond acceptors (Lipinski definition) is 11. The van der Waals surface area contributed by atoms with Gasteiger partial charge in [0, 0.05) is 24.6 Å². The van der Waals surface area contributed by atoms with Crippen LogP contribution in [0.2, 0.25) is 0 Å². The van der Waals surface area contributed by atoms with Crippen LogP contribution in [0.4, 0.5) is 0 Å². The van der Waals surface area contributed by atoms with Crippen LogP contribution in [0.5, 0.6) is 0 Å². The van der Waals surface area contributed by atoms with E-state index in [-0.39, 0.29) is 46.1 Å². The molecule has 2 N–H and O–H groups in total. The quantitative estimate of drug-likeness (QED) is 0.149. The molecule has 0 rings (SSSR count). The van der Waals surface area contributed by atoms with Crippen molar-refractivity contribution < 1.29 is 53.1 Å². The van der Waals surface area contributed by atoms with Gasteiger partial charge >= 0.3 is 23.9 Å². The molecule has 0 aromatic heterocycles. The van der Waals surface area contributed by atoms with Crippen molar-refractivity contribution in [1.82, 2.24) is 0 Å². The standard InChI is InChI=1S/C23H34O11/c1-5-9-21(29)34-17-23(11-25,16-33-20(28)8-4)13-30-12-22(10-24,14-31-18(26)6-2)15-32-19(27)7-3/h6-8,24-25H,2-5,9-17H2,1H3. The molecule has 11 heteroatoms. The van der Waals surface area contributed by atoms with Crippen LogP contribution in [0.1, 0.15) is 19.8 Å². The molecule has 0 saturated carbocycles. The molecule has 0 radical (unpaired) electrons. The van der Waals surface area contributed by atoms with Crippen molar-refractivity contribution in [2.24, 2.45) is 10.8 Å². The highest BCUT2D eigenvalue weighted by Crippen LogP contribution is 2.24. The highest BCUT2D eigenvalue weighted by atomic mass is 16.6. The lowest BCUT2D eigenvalue weighted by Gasteiger charge is -2.34. The fraction of sp³-hybridized carbons (Fsp3) is 0.565. The number of ether oxygens (including phenoxy) is 5. The number of aliphatic hydroxyl groups excluding tert-OH is 2. The maximum absolute atomic E-state index is 11.8. The van der Waals surface area contributed by atoms with Crippen LogP contribution < -0.4 is 0 Å². The van der Waals surface area contributed by atoms with Crippen molar-refractivity contribution in [3.8, 4) is 0 Å². The van der Waals surface area contributed by atoms with Crippen molar-refractivity contribution in [2.75, 3.05) is 52.9 Å². The van der Waals surface area contributed by atoms with Crippen molar-refractivity contribution in [3.63, 3.8) is 0 Å². The second-order valence-electron chi connectivity index (χ2n) is 7.66. The van der Waals surface area contributed by atoms with Gasteiger partial charge in [0.05, 0.1) is 37.3 Å². The number of aliphatic hydroxyl groups is 2. The Balaban J connectivity index is 5.51. The monoisotopic (exact) mass is 486 g/mol. The molecule has 192 valence electrons. The van der Waals surface area contributed by atoms with E-state index in [0.29, 0.717) is 6.42 Å². The van der Waals surface area contributed by atoms with Gasteiger partial charge in [0.2, 0.25) is 0 Å². The summed E-state index contributed by atoms with van der Waals surface area (Å²) in [5, 5.41) is 20.0. The maximum atomic E-state index is 11.8. The Morgan fingerprint density at radius 2 is 1.03 bits per heavy atom. The van der Waals surface area contributed by atoms with Crippen LogP contribution in [0, 0.1) is 10.8 Å². The van der Waals surface area contributed by atoms with Crippen LogP contribution in [0.15, 0.2) is 38.0 Å². The second kappa shape index (κ2) is 16.6. The fourth-order valence-corrected chi connectivity index (χ4v) is 2.37. The third-order valence-electron chi connectivity index (χ3n) is 4.54. The predicted octanol–water partition coefficient (Wildman–Crippen LogP) is 0.491. The van der Waals surface area contributed by atoms with Crippen molar-refractivity contribution in [1.29, 1.82) is 0 Å². The Hall–Kier alpha value is -3.02. The molecular formula is C23H34O11. The van der Waals surface area contributed by atoms with E-state index >= 15 is 0 Å². The molecule has 0 aliphatic heterocycles. The Bertz CT molecular complexity index is 692. The average Bonchev–Trinajstić information content (AvgIpc) is 2.86. The first-order chi connectivity index (χ1) is 16.1. The first-order valence-corrected chi connectivity index (χ1v) is 10.5. The summed E-state index contributed by atoms with van der Waals surface area (Å²) < 4.78 is 25.9. The zero-order valence-corrected chi connectivity index (χ0v) is 19.5. The lowest BCUT2D eigenvalue weighted by atomic mass is 9.90. The number of esters is 4. The molecule has 34 heavy (non-hydrogen) atoms. The van der Waals surface area contributed by atoms with Gasteiger partial charge in [0.15, 0.2) is 0 Å². The molecule has 0 saturated heterocycles. The Kier molecular flexibility index (Phi) is 15.1. The molecule has 1 atom stereocenters. The summed E-state index contributed by atoms with van der Waals surface area (Å²) >= 11 is 0. The maximum Gasteiger partial charge on any atom is 0.330 e. The van der Waals surface area contributed by atoms with Gasteiger partial charge in [0.1, 0.15) is 26.4 Å². The van der Waals surface area contributed by atoms with E-state index < -0.39 is 47.9 Å². The van der Waals surface area contributed by atoms with Gasteiger partial charge in [-0.3, -0.25) is 4.79 Å². The molecular weight excluding hydrogens is 452 g/mol. The van der Waals surface area contributed by atoms with E-state index in [1.807, 2.05) is 0 Å². The molecule has 0 fully saturated rings. The summed E-state index contributed by atoms with van der Waals surface area (Å²) in [7, 11) is 0. The second-order valence-corrected chi connectivity index (χ2v) is 7.66. The van der Waals surface area contributed by atoms with Crippen molar-refractivity contribution in [3.05, 3.63) is 38.0 Å². The summed E-state index contributed by atoms with van der Waals surface area (Å²) in [6.07, 6.45) is 3.50. The van der Waals surface area contributed by atoms with Crippen molar-refractivity contribution in [2.45, 2.75) is 19.8 Å². The fourth-order valence-electron chi connectivity index (χ4n) is 2.37. The van der Waals surface area contributed by atoms with Gasteiger partial charge in [-0.25, -0.2) is 14.4 Å². The lowest BCUT2D eigenvalue weighted by molar-refractivity contribution is -0.164. The summed E-state index contributed by atoms with van der Waals surface area (Å²) in [6.45, 7) is 8.41. The zero-order chi connectivity index (χ0) is 26.0. The zero-order valence-electron chi connectivity index (χ0n) is 19.5. The third kappa shape index (κ3) is 11.7. The van der Waals surface area contributed by atoms with Gasteiger partial charge in [-0.05, 0) is 6.42 Å². The molecule has 1 unspecified atom stereocenters.